The summed E-state index contributed by atoms with van der Waals surface area (Å²) in [4.78, 5) is 4.48. The number of hydrogen-bond donors (Lipinski definition) is 1. The van der Waals surface area contributed by atoms with Crippen LogP contribution in [0.15, 0.2) is 46.8 Å². The molecule has 0 fully saturated rings. The van der Waals surface area contributed by atoms with Crippen LogP contribution in [0.4, 0.5) is 4.39 Å². The summed E-state index contributed by atoms with van der Waals surface area (Å²) in [6.45, 7) is 0.298. The molecule has 0 unspecified atom stereocenters. The van der Waals surface area contributed by atoms with Crippen molar-refractivity contribution in [2.24, 2.45) is 0 Å². The van der Waals surface area contributed by atoms with Gasteiger partial charge in [-0.1, -0.05) is 41.6 Å². The molecule has 3 rings (SSSR count). The molecule has 0 aliphatic heterocycles. The van der Waals surface area contributed by atoms with Crippen LogP contribution in [-0.2, 0) is 11.3 Å². The summed E-state index contributed by atoms with van der Waals surface area (Å²) in [5.74, 6) is 0.166. The summed E-state index contributed by atoms with van der Waals surface area (Å²) in [7, 11) is 0. The van der Waals surface area contributed by atoms with Crippen molar-refractivity contribution in [3.63, 3.8) is 0 Å². The SMILES string of the molecule is O[C@@H](COCc1ccccc1F)CSc1nc2cc(Cl)ccc2s1. The molecule has 0 saturated carbocycles. The Morgan fingerprint density at radius 3 is 2.96 bits per heavy atom. The third-order valence-electron chi connectivity index (χ3n) is 3.25. The lowest BCUT2D eigenvalue weighted by Gasteiger charge is -2.10. The Bertz CT molecular complexity index is 827. The van der Waals surface area contributed by atoms with Crippen molar-refractivity contribution in [1.82, 2.24) is 4.98 Å². The fourth-order valence-electron chi connectivity index (χ4n) is 2.08. The van der Waals surface area contributed by atoms with Crippen LogP contribution in [-0.4, -0.2) is 28.6 Å². The topological polar surface area (TPSA) is 42.4 Å². The van der Waals surface area contributed by atoms with Gasteiger partial charge in [0.2, 0.25) is 0 Å². The second-order valence-corrected chi connectivity index (χ2v) is 7.90. The highest BCUT2D eigenvalue weighted by atomic mass is 35.5. The number of nitrogens with zero attached hydrogens (tertiary/aromatic N) is 1. The average Bonchev–Trinajstić information content (AvgIpc) is 2.97. The molecule has 0 spiro atoms. The smallest absolute Gasteiger partial charge is 0.151 e. The highest BCUT2D eigenvalue weighted by molar-refractivity contribution is 8.01. The van der Waals surface area contributed by atoms with E-state index in [9.17, 15) is 9.50 Å². The molecular formula is C17H15ClFNO2S2. The molecule has 0 bridgehead atoms. The first-order valence-electron chi connectivity index (χ1n) is 7.30. The van der Waals surface area contributed by atoms with Gasteiger partial charge in [-0.3, -0.25) is 0 Å². The lowest BCUT2D eigenvalue weighted by molar-refractivity contribution is 0.0387. The second kappa shape index (κ2) is 8.27. The van der Waals surface area contributed by atoms with Gasteiger partial charge in [0.05, 0.1) is 29.5 Å². The molecule has 2 aromatic carbocycles. The van der Waals surface area contributed by atoms with Crippen molar-refractivity contribution in [2.45, 2.75) is 17.1 Å². The van der Waals surface area contributed by atoms with Crippen molar-refractivity contribution in [3.05, 3.63) is 58.9 Å². The van der Waals surface area contributed by atoms with Gasteiger partial charge in [0.15, 0.2) is 4.34 Å². The Hall–Kier alpha value is -1.18. The average molecular weight is 384 g/mol. The van der Waals surface area contributed by atoms with Gasteiger partial charge in [-0.05, 0) is 24.3 Å². The maximum Gasteiger partial charge on any atom is 0.151 e. The molecule has 7 heteroatoms. The highest BCUT2D eigenvalue weighted by Crippen LogP contribution is 2.31. The number of thioether (sulfide) groups is 1. The zero-order valence-corrected chi connectivity index (χ0v) is 15.0. The van der Waals surface area contributed by atoms with E-state index in [-0.39, 0.29) is 19.0 Å². The first-order valence-corrected chi connectivity index (χ1v) is 9.48. The van der Waals surface area contributed by atoms with Crippen LogP contribution < -0.4 is 0 Å². The van der Waals surface area contributed by atoms with Crippen LogP contribution in [0.1, 0.15) is 5.56 Å². The third-order valence-corrected chi connectivity index (χ3v) is 5.81. The number of halogens is 2. The standard InChI is InChI=1S/C17H15ClFNO2S2/c18-12-5-6-16-15(7-12)20-17(24-16)23-10-13(21)9-22-8-11-3-1-2-4-14(11)19/h1-7,13,21H,8-10H2/t13-/m0/s1. The molecule has 3 aromatic rings. The largest absolute Gasteiger partial charge is 0.390 e. The van der Waals surface area contributed by atoms with Crippen molar-refractivity contribution in [3.8, 4) is 0 Å². The fourth-order valence-corrected chi connectivity index (χ4v) is 4.22. The van der Waals surface area contributed by atoms with Gasteiger partial charge < -0.3 is 9.84 Å². The van der Waals surface area contributed by atoms with Gasteiger partial charge >= 0.3 is 0 Å². The van der Waals surface area contributed by atoms with E-state index in [0.717, 1.165) is 14.6 Å². The summed E-state index contributed by atoms with van der Waals surface area (Å²) in [5.41, 5.74) is 1.35. The molecular weight excluding hydrogens is 369 g/mol. The predicted octanol–water partition coefficient (Wildman–Crippen LogP) is 4.76. The number of benzene rings is 2. The fraction of sp³-hybridized carbons (Fsp3) is 0.235. The van der Waals surface area contributed by atoms with Crippen LogP contribution >= 0.6 is 34.7 Å². The van der Waals surface area contributed by atoms with E-state index in [2.05, 4.69) is 4.98 Å². The summed E-state index contributed by atoms with van der Waals surface area (Å²) in [6.07, 6.45) is -0.641. The van der Waals surface area contributed by atoms with E-state index >= 15 is 0 Å². The zero-order valence-electron chi connectivity index (χ0n) is 12.6. The van der Waals surface area contributed by atoms with E-state index in [1.807, 2.05) is 18.2 Å². The van der Waals surface area contributed by atoms with Gasteiger partial charge in [-0.2, -0.15) is 0 Å². The van der Waals surface area contributed by atoms with Crippen LogP contribution in [0, 0.1) is 5.82 Å². The van der Waals surface area contributed by atoms with Crippen LogP contribution in [0.3, 0.4) is 0 Å². The Morgan fingerprint density at radius 2 is 2.12 bits per heavy atom. The number of aliphatic hydroxyl groups is 1. The minimum atomic E-state index is -0.641. The van der Waals surface area contributed by atoms with E-state index in [4.69, 9.17) is 16.3 Å². The lowest BCUT2D eigenvalue weighted by Crippen LogP contribution is -2.18. The lowest BCUT2D eigenvalue weighted by atomic mass is 10.2. The number of thiazole rings is 1. The summed E-state index contributed by atoms with van der Waals surface area (Å²) < 4.78 is 20.8. The molecule has 126 valence electrons. The van der Waals surface area contributed by atoms with E-state index in [1.165, 1.54) is 17.8 Å². The normalized spacial score (nSPS) is 12.6. The van der Waals surface area contributed by atoms with E-state index in [0.29, 0.717) is 16.3 Å². The van der Waals surface area contributed by atoms with E-state index < -0.39 is 6.10 Å². The van der Waals surface area contributed by atoms with Crippen LogP contribution in [0.2, 0.25) is 5.02 Å². The molecule has 0 saturated heterocycles. The van der Waals surface area contributed by atoms with Crippen LogP contribution in [0.25, 0.3) is 10.2 Å². The number of aliphatic hydroxyl groups excluding tert-OH is 1. The molecule has 0 aliphatic carbocycles. The number of aromatic nitrogens is 1. The van der Waals surface area contributed by atoms with Crippen molar-refractivity contribution >= 4 is 44.9 Å². The molecule has 1 N–H and O–H groups in total. The predicted molar refractivity (Wildman–Crippen MR) is 97.4 cm³/mol. The van der Waals surface area contributed by atoms with Gasteiger partial charge in [0, 0.05) is 16.3 Å². The number of fused-ring (bicyclic) bond motifs is 1. The molecule has 0 aliphatic rings. The second-order valence-electron chi connectivity index (χ2n) is 5.16. The molecule has 3 nitrogen and oxygen atoms in total. The van der Waals surface area contributed by atoms with Crippen molar-refractivity contribution < 1.29 is 14.2 Å². The Balaban J connectivity index is 1.46. The third kappa shape index (κ3) is 4.68. The van der Waals surface area contributed by atoms with Gasteiger partial charge in [-0.25, -0.2) is 9.37 Å². The van der Waals surface area contributed by atoms with Gasteiger partial charge in [0.1, 0.15) is 5.82 Å². The molecule has 1 heterocycles. The molecule has 24 heavy (non-hydrogen) atoms. The minimum Gasteiger partial charge on any atom is -0.390 e. The quantitative estimate of drug-likeness (QED) is 0.597. The monoisotopic (exact) mass is 383 g/mol. The Labute approximate surface area is 152 Å². The Morgan fingerprint density at radius 1 is 1.29 bits per heavy atom. The molecule has 1 aromatic heterocycles. The number of hydrogen-bond acceptors (Lipinski definition) is 5. The highest BCUT2D eigenvalue weighted by Gasteiger charge is 2.10. The van der Waals surface area contributed by atoms with Gasteiger partial charge in [0.25, 0.3) is 0 Å². The minimum absolute atomic E-state index is 0.147. The van der Waals surface area contributed by atoms with Crippen molar-refractivity contribution in [1.29, 1.82) is 0 Å². The first kappa shape index (κ1) is 17.6. The molecule has 0 amide bonds. The summed E-state index contributed by atoms with van der Waals surface area (Å²) in [6, 6.07) is 12.1. The van der Waals surface area contributed by atoms with E-state index in [1.54, 1.807) is 29.5 Å². The summed E-state index contributed by atoms with van der Waals surface area (Å²) >= 11 is 8.98. The maximum absolute atomic E-state index is 13.5. The maximum atomic E-state index is 13.5. The Kier molecular flexibility index (Phi) is 6.08. The van der Waals surface area contributed by atoms with Gasteiger partial charge in [-0.15, -0.1) is 11.3 Å². The zero-order chi connectivity index (χ0) is 16.9. The summed E-state index contributed by atoms with van der Waals surface area (Å²) in [5, 5.41) is 10.7. The molecule has 0 radical (unpaired) electrons. The van der Waals surface area contributed by atoms with Crippen LogP contribution in [0.5, 0.6) is 0 Å². The number of ether oxygens (including phenoxy) is 1. The van der Waals surface area contributed by atoms with Crippen molar-refractivity contribution in [2.75, 3.05) is 12.4 Å². The number of rotatable bonds is 7. The molecule has 1 atom stereocenters. The first-order chi connectivity index (χ1) is 11.6.